The number of aromatic nitrogens is 2. The van der Waals surface area contributed by atoms with E-state index in [9.17, 15) is 14.0 Å². The summed E-state index contributed by atoms with van der Waals surface area (Å²) in [5.41, 5.74) is 1.23. The molecule has 0 bridgehead atoms. The number of hydrogen-bond donors (Lipinski definition) is 1. The molecule has 0 atom stereocenters. The van der Waals surface area contributed by atoms with Gasteiger partial charge >= 0.3 is 0 Å². The highest BCUT2D eigenvalue weighted by atomic mass is 32.1. The third-order valence-electron chi connectivity index (χ3n) is 3.66. The number of halogens is 1. The van der Waals surface area contributed by atoms with Gasteiger partial charge in [0.25, 0.3) is 0 Å². The maximum Gasteiger partial charge on any atom is 0.245 e. The van der Waals surface area contributed by atoms with Crippen molar-refractivity contribution in [2.45, 2.75) is 13.3 Å². The number of aryl methyl sites for hydroxylation is 1. The van der Waals surface area contributed by atoms with Gasteiger partial charge in [0.15, 0.2) is 5.82 Å². The molecule has 1 aromatic carbocycles. The zero-order valence-electron chi connectivity index (χ0n) is 14.7. The van der Waals surface area contributed by atoms with Crippen LogP contribution in [-0.2, 0) is 16.0 Å². The Kier molecular flexibility index (Phi) is 5.60. The summed E-state index contributed by atoms with van der Waals surface area (Å²) in [4.78, 5) is 30.0. The average molecular weight is 388 g/mol. The first-order chi connectivity index (χ1) is 12.9. The van der Waals surface area contributed by atoms with E-state index in [-0.39, 0.29) is 30.6 Å². The second-order valence-electron chi connectivity index (χ2n) is 5.95. The molecule has 0 spiro atoms. The van der Waals surface area contributed by atoms with E-state index in [2.05, 4.69) is 15.5 Å². The number of thiazole rings is 1. The van der Waals surface area contributed by atoms with Gasteiger partial charge in [-0.15, -0.1) is 11.3 Å². The summed E-state index contributed by atoms with van der Waals surface area (Å²) in [6, 6.07) is 7.71. The summed E-state index contributed by atoms with van der Waals surface area (Å²) < 4.78 is 18.2. The number of nitrogens with one attached hydrogen (secondary N) is 1. The van der Waals surface area contributed by atoms with Crippen molar-refractivity contribution in [3.63, 3.8) is 0 Å². The van der Waals surface area contributed by atoms with E-state index in [0.29, 0.717) is 27.8 Å². The molecule has 1 N–H and O–H groups in total. The number of likely N-dealkylation sites (N-methyl/N-ethyl adjacent to an activating group) is 1. The summed E-state index contributed by atoms with van der Waals surface area (Å²) in [6.07, 6.45) is 0.0542. The zero-order valence-corrected chi connectivity index (χ0v) is 15.5. The number of rotatable bonds is 6. The summed E-state index contributed by atoms with van der Waals surface area (Å²) in [5.74, 6) is -0.0891. The fraction of sp³-hybridized carbons (Fsp3) is 0.222. The van der Waals surface area contributed by atoms with Crippen LogP contribution in [0.3, 0.4) is 0 Å². The Balaban J connectivity index is 1.56. The fourth-order valence-corrected chi connectivity index (χ4v) is 3.16. The topological polar surface area (TPSA) is 88.3 Å². The van der Waals surface area contributed by atoms with Crippen LogP contribution in [0, 0.1) is 12.7 Å². The van der Waals surface area contributed by atoms with Crippen molar-refractivity contribution in [3.05, 3.63) is 53.0 Å². The Morgan fingerprint density at radius 1 is 1.33 bits per heavy atom. The van der Waals surface area contributed by atoms with Gasteiger partial charge in [-0.2, -0.15) is 0 Å². The number of carbonyl (C=O) groups is 2. The maximum absolute atomic E-state index is 13.3. The van der Waals surface area contributed by atoms with Gasteiger partial charge in [0, 0.05) is 24.1 Å². The van der Waals surface area contributed by atoms with Crippen LogP contribution in [0.2, 0.25) is 0 Å². The third-order valence-corrected chi connectivity index (χ3v) is 4.60. The van der Waals surface area contributed by atoms with Gasteiger partial charge in [-0.25, -0.2) is 9.37 Å². The highest BCUT2D eigenvalue weighted by Gasteiger charge is 2.16. The standard InChI is InChI=1S/C18H17FN4O3S/c1-11-6-15(22-26-11)21-16(24)9-23(2)17(25)8-14-10-27-18(20-14)12-4-3-5-13(19)7-12/h3-7,10H,8-9H2,1-2H3,(H,21,22,24). The molecule has 0 radical (unpaired) electrons. The van der Waals surface area contributed by atoms with Gasteiger partial charge in [0.05, 0.1) is 18.7 Å². The molecule has 0 saturated heterocycles. The minimum atomic E-state index is -0.377. The van der Waals surface area contributed by atoms with Crippen LogP contribution in [0.5, 0.6) is 0 Å². The number of hydrogen-bond acceptors (Lipinski definition) is 6. The lowest BCUT2D eigenvalue weighted by atomic mass is 10.2. The van der Waals surface area contributed by atoms with Crippen molar-refractivity contribution in [3.8, 4) is 10.6 Å². The normalized spacial score (nSPS) is 10.6. The highest BCUT2D eigenvalue weighted by Crippen LogP contribution is 2.24. The monoisotopic (exact) mass is 388 g/mol. The fourth-order valence-electron chi connectivity index (χ4n) is 2.34. The van der Waals surface area contributed by atoms with Gasteiger partial charge in [0.2, 0.25) is 11.8 Å². The first kappa shape index (κ1) is 18.7. The van der Waals surface area contributed by atoms with Gasteiger partial charge in [-0.3, -0.25) is 9.59 Å². The molecular weight excluding hydrogens is 371 g/mol. The molecule has 0 aliphatic rings. The van der Waals surface area contributed by atoms with Crippen LogP contribution in [-0.4, -0.2) is 40.4 Å². The lowest BCUT2D eigenvalue weighted by Gasteiger charge is -2.15. The smallest absolute Gasteiger partial charge is 0.245 e. The summed E-state index contributed by atoms with van der Waals surface area (Å²) in [6.45, 7) is 1.59. The van der Waals surface area contributed by atoms with E-state index in [1.807, 2.05) is 0 Å². The van der Waals surface area contributed by atoms with Gasteiger partial charge in [0.1, 0.15) is 16.6 Å². The van der Waals surface area contributed by atoms with Gasteiger partial charge in [-0.05, 0) is 19.1 Å². The van der Waals surface area contributed by atoms with Crippen molar-refractivity contribution in [1.82, 2.24) is 15.0 Å². The highest BCUT2D eigenvalue weighted by molar-refractivity contribution is 7.13. The number of nitrogens with zero attached hydrogens (tertiary/aromatic N) is 3. The predicted molar refractivity (Wildman–Crippen MR) is 98.7 cm³/mol. The number of carbonyl (C=O) groups excluding carboxylic acids is 2. The van der Waals surface area contributed by atoms with E-state index in [0.717, 1.165) is 0 Å². The van der Waals surface area contributed by atoms with Crippen molar-refractivity contribution in [2.24, 2.45) is 0 Å². The van der Waals surface area contributed by atoms with Crippen molar-refractivity contribution in [2.75, 3.05) is 18.9 Å². The Morgan fingerprint density at radius 2 is 2.15 bits per heavy atom. The zero-order chi connectivity index (χ0) is 19.4. The number of benzene rings is 1. The summed E-state index contributed by atoms with van der Waals surface area (Å²) in [7, 11) is 1.54. The number of amides is 2. The Bertz CT molecular complexity index is 969. The predicted octanol–water partition coefficient (Wildman–Crippen LogP) is 2.89. The Morgan fingerprint density at radius 3 is 2.85 bits per heavy atom. The molecule has 2 amide bonds. The van der Waals surface area contributed by atoms with E-state index in [1.54, 1.807) is 30.5 Å². The number of anilines is 1. The van der Waals surface area contributed by atoms with E-state index in [4.69, 9.17) is 4.52 Å². The molecule has 27 heavy (non-hydrogen) atoms. The Hall–Kier alpha value is -3.07. The second-order valence-corrected chi connectivity index (χ2v) is 6.81. The van der Waals surface area contributed by atoms with Crippen LogP contribution in [0.25, 0.3) is 10.6 Å². The minimum Gasteiger partial charge on any atom is -0.360 e. The van der Waals surface area contributed by atoms with Crippen LogP contribution in [0.4, 0.5) is 10.2 Å². The molecule has 9 heteroatoms. The van der Waals surface area contributed by atoms with E-state index >= 15 is 0 Å². The molecular formula is C18H17FN4O3S. The van der Waals surface area contributed by atoms with Crippen molar-refractivity contribution < 1.29 is 18.5 Å². The van der Waals surface area contributed by atoms with Crippen LogP contribution < -0.4 is 5.32 Å². The summed E-state index contributed by atoms with van der Waals surface area (Å²) >= 11 is 1.34. The van der Waals surface area contributed by atoms with Crippen LogP contribution in [0.15, 0.2) is 40.2 Å². The molecule has 0 aliphatic heterocycles. The van der Waals surface area contributed by atoms with Crippen molar-refractivity contribution in [1.29, 1.82) is 0 Å². The quantitative estimate of drug-likeness (QED) is 0.701. The minimum absolute atomic E-state index is 0.0542. The molecule has 140 valence electrons. The molecule has 0 fully saturated rings. The molecule has 0 saturated carbocycles. The first-order valence-electron chi connectivity index (χ1n) is 8.08. The van der Waals surface area contributed by atoms with Gasteiger partial charge < -0.3 is 14.7 Å². The van der Waals surface area contributed by atoms with Crippen molar-refractivity contribution >= 4 is 29.0 Å². The molecule has 0 unspecified atom stereocenters. The van der Waals surface area contributed by atoms with Gasteiger partial charge in [-0.1, -0.05) is 17.3 Å². The molecule has 3 aromatic rings. The molecule has 3 rings (SSSR count). The largest absolute Gasteiger partial charge is 0.360 e. The second kappa shape index (κ2) is 8.09. The maximum atomic E-state index is 13.3. The lowest BCUT2D eigenvalue weighted by molar-refractivity contribution is -0.132. The molecule has 7 nitrogen and oxygen atoms in total. The Labute approximate surface area is 158 Å². The van der Waals surface area contributed by atoms with Crippen LogP contribution in [0.1, 0.15) is 11.5 Å². The lowest BCUT2D eigenvalue weighted by Crippen LogP contribution is -2.35. The summed E-state index contributed by atoms with van der Waals surface area (Å²) in [5, 5.41) is 8.62. The SMILES string of the molecule is Cc1cc(NC(=O)CN(C)C(=O)Cc2csc(-c3cccc(F)c3)n2)no1. The average Bonchev–Trinajstić information content (AvgIpc) is 3.24. The first-order valence-corrected chi connectivity index (χ1v) is 8.96. The molecule has 2 aromatic heterocycles. The third kappa shape index (κ3) is 4.98. The van der Waals surface area contributed by atoms with E-state index in [1.165, 1.54) is 35.4 Å². The van der Waals surface area contributed by atoms with Crippen LogP contribution >= 0.6 is 11.3 Å². The molecule has 2 heterocycles. The molecule has 0 aliphatic carbocycles. The van der Waals surface area contributed by atoms with E-state index < -0.39 is 0 Å².